The highest BCUT2D eigenvalue weighted by molar-refractivity contribution is 7.89. The normalized spacial score (nSPS) is 11.6. The fraction of sp³-hybridized carbons (Fsp3) is 0.105. The number of anilines is 1. The van der Waals surface area contributed by atoms with Gasteiger partial charge in [-0.25, -0.2) is 13.6 Å². The van der Waals surface area contributed by atoms with E-state index in [1.54, 1.807) is 12.1 Å². The Balaban J connectivity index is 1.90. The van der Waals surface area contributed by atoms with Crippen LogP contribution in [-0.2, 0) is 10.0 Å². The monoisotopic (exact) mass is 458 g/mol. The van der Waals surface area contributed by atoms with Crippen LogP contribution in [-0.4, -0.2) is 29.0 Å². The number of aryl methyl sites for hydroxylation is 1. The smallest absolute Gasteiger partial charge is 0.294 e. The summed E-state index contributed by atoms with van der Waals surface area (Å²) in [4.78, 5) is 20.8. The third kappa shape index (κ3) is 4.63. The molecule has 0 aliphatic rings. The quantitative estimate of drug-likeness (QED) is 0.310. The van der Waals surface area contributed by atoms with Crippen LogP contribution >= 0.6 is 0 Å². The largest absolute Gasteiger partial charge is 0.318 e. The van der Waals surface area contributed by atoms with Crippen LogP contribution in [0.3, 0.4) is 0 Å². The lowest BCUT2D eigenvalue weighted by molar-refractivity contribution is -0.388. The van der Waals surface area contributed by atoms with E-state index in [-0.39, 0.29) is 22.0 Å². The summed E-state index contributed by atoms with van der Waals surface area (Å²) in [6, 6.07) is 11.0. The number of nitrogens with one attached hydrogen (secondary N) is 1. The zero-order chi connectivity index (χ0) is 23.6. The van der Waals surface area contributed by atoms with Gasteiger partial charge in [-0.05, 0) is 44.2 Å². The number of sulfonamides is 1. The van der Waals surface area contributed by atoms with Crippen LogP contribution in [0, 0.1) is 34.1 Å². The van der Waals surface area contributed by atoms with Crippen molar-refractivity contribution < 1.29 is 18.3 Å². The predicted molar refractivity (Wildman–Crippen MR) is 118 cm³/mol. The third-order valence-corrected chi connectivity index (χ3v) is 5.60. The lowest BCUT2D eigenvalue weighted by atomic mass is 10.2. The van der Waals surface area contributed by atoms with Crippen molar-refractivity contribution in [1.82, 2.24) is 4.57 Å². The highest BCUT2D eigenvalue weighted by atomic mass is 32.2. The van der Waals surface area contributed by atoms with Crippen molar-refractivity contribution in [1.29, 1.82) is 0 Å². The zero-order valence-electron chi connectivity index (χ0n) is 16.9. The molecule has 0 aliphatic heterocycles. The van der Waals surface area contributed by atoms with Crippen LogP contribution in [0.15, 0.2) is 58.5 Å². The van der Waals surface area contributed by atoms with Gasteiger partial charge in [0.05, 0.1) is 21.0 Å². The molecule has 0 atom stereocenters. The summed E-state index contributed by atoms with van der Waals surface area (Å²) in [6.45, 7) is 3.66. The molecule has 0 saturated carbocycles. The topological polar surface area (TPSA) is 176 Å². The molecule has 32 heavy (non-hydrogen) atoms. The summed E-state index contributed by atoms with van der Waals surface area (Å²) >= 11 is 0. The molecule has 166 valence electrons. The molecule has 12 nitrogen and oxygen atoms in total. The Kier molecular flexibility index (Phi) is 6.04. The summed E-state index contributed by atoms with van der Waals surface area (Å²) in [5, 5.41) is 31.3. The van der Waals surface area contributed by atoms with Crippen molar-refractivity contribution in [3.8, 4) is 5.69 Å². The maximum atomic E-state index is 11.4. The van der Waals surface area contributed by atoms with Gasteiger partial charge >= 0.3 is 0 Å². The average molecular weight is 458 g/mol. The average Bonchev–Trinajstić information content (AvgIpc) is 3.00. The molecular formula is C19H18N6O6S. The number of hydrogen-bond donors (Lipinski definition) is 2. The van der Waals surface area contributed by atoms with Gasteiger partial charge in [0.15, 0.2) is 0 Å². The van der Waals surface area contributed by atoms with Crippen molar-refractivity contribution in [3.63, 3.8) is 0 Å². The Labute approximate surface area is 182 Å². The van der Waals surface area contributed by atoms with Crippen LogP contribution in [0.25, 0.3) is 5.69 Å². The first-order valence-electron chi connectivity index (χ1n) is 9.03. The lowest BCUT2D eigenvalue weighted by Crippen LogP contribution is -2.12. The van der Waals surface area contributed by atoms with Crippen molar-refractivity contribution in [2.75, 3.05) is 5.43 Å². The van der Waals surface area contributed by atoms with Gasteiger partial charge in [0.2, 0.25) is 10.0 Å². The second-order valence-electron chi connectivity index (χ2n) is 6.79. The number of nitro benzene ring substituents is 2. The fourth-order valence-electron chi connectivity index (χ4n) is 3.16. The molecule has 0 aliphatic carbocycles. The van der Waals surface area contributed by atoms with Crippen molar-refractivity contribution >= 4 is 33.3 Å². The molecule has 0 radical (unpaired) electrons. The van der Waals surface area contributed by atoms with E-state index < -0.39 is 19.9 Å². The second-order valence-corrected chi connectivity index (χ2v) is 8.35. The molecule has 3 N–H and O–H groups in total. The first kappa shape index (κ1) is 22.6. The molecule has 3 aromatic rings. The van der Waals surface area contributed by atoms with Gasteiger partial charge in [-0.3, -0.25) is 25.7 Å². The molecule has 0 saturated heterocycles. The van der Waals surface area contributed by atoms with Crippen molar-refractivity contribution in [2.24, 2.45) is 10.2 Å². The van der Waals surface area contributed by atoms with Crippen LogP contribution in [0.4, 0.5) is 17.1 Å². The second kappa shape index (κ2) is 8.56. The van der Waals surface area contributed by atoms with Crippen molar-refractivity contribution in [3.05, 3.63) is 85.7 Å². The number of benzene rings is 2. The first-order valence-corrected chi connectivity index (χ1v) is 10.6. The lowest BCUT2D eigenvalue weighted by Gasteiger charge is -2.10. The molecule has 0 bridgehead atoms. The summed E-state index contributed by atoms with van der Waals surface area (Å²) in [5.74, 6) is 0. The number of hydrazone groups is 1. The number of aromatic nitrogens is 1. The number of hydrogen-bond acceptors (Lipinski definition) is 8. The van der Waals surface area contributed by atoms with Gasteiger partial charge in [-0.2, -0.15) is 5.10 Å². The molecule has 2 aromatic carbocycles. The Morgan fingerprint density at radius 3 is 2.25 bits per heavy atom. The number of rotatable bonds is 7. The molecule has 0 amide bonds. The fourth-order valence-corrected chi connectivity index (χ4v) is 3.67. The van der Waals surface area contributed by atoms with Gasteiger partial charge in [-0.15, -0.1) is 0 Å². The van der Waals surface area contributed by atoms with Crippen molar-refractivity contribution in [2.45, 2.75) is 18.7 Å². The van der Waals surface area contributed by atoms with E-state index in [0.717, 1.165) is 29.6 Å². The van der Waals surface area contributed by atoms with Gasteiger partial charge < -0.3 is 4.57 Å². The molecule has 3 rings (SSSR count). The van der Waals surface area contributed by atoms with E-state index in [1.165, 1.54) is 18.3 Å². The first-order chi connectivity index (χ1) is 15.0. The molecule has 0 unspecified atom stereocenters. The molecule has 0 fully saturated rings. The minimum Gasteiger partial charge on any atom is -0.318 e. The van der Waals surface area contributed by atoms with Gasteiger partial charge in [-0.1, -0.05) is 0 Å². The Morgan fingerprint density at radius 2 is 1.69 bits per heavy atom. The van der Waals surface area contributed by atoms with E-state index in [9.17, 15) is 28.6 Å². The third-order valence-electron chi connectivity index (χ3n) is 4.67. The molecular weight excluding hydrogens is 440 g/mol. The molecule has 1 aromatic heterocycles. The number of non-ortho nitro benzene ring substituents is 1. The maximum Gasteiger partial charge on any atom is 0.294 e. The number of nitro groups is 2. The van der Waals surface area contributed by atoms with E-state index in [0.29, 0.717) is 11.3 Å². The summed E-state index contributed by atoms with van der Waals surface area (Å²) in [6.07, 6.45) is 1.43. The van der Waals surface area contributed by atoms with Gasteiger partial charge in [0.1, 0.15) is 5.69 Å². The minimum absolute atomic E-state index is 0.00625. The van der Waals surface area contributed by atoms with E-state index in [4.69, 9.17) is 5.14 Å². The predicted octanol–water partition coefficient (Wildman–Crippen LogP) is 3.00. The molecule has 1 heterocycles. The van der Waals surface area contributed by atoms with E-state index in [2.05, 4.69) is 10.5 Å². The molecule has 13 heteroatoms. The Hall–Kier alpha value is -4.10. The van der Waals surface area contributed by atoms with E-state index >= 15 is 0 Å². The SMILES string of the molecule is Cc1cc(/C=N/Nc2cc([N+](=O)[O-])ccc2[N+](=O)[O-])c(C)n1-c1ccc(S(N)(=O)=O)cc1. The summed E-state index contributed by atoms with van der Waals surface area (Å²) < 4.78 is 24.8. The van der Waals surface area contributed by atoms with Gasteiger partial charge in [0.25, 0.3) is 11.4 Å². The Bertz CT molecular complexity index is 1350. The summed E-state index contributed by atoms with van der Waals surface area (Å²) in [7, 11) is -3.80. The maximum absolute atomic E-state index is 11.4. The Morgan fingerprint density at radius 1 is 1.03 bits per heavy atom. The number of nitrogens with zero attached hydrogens (tertiary/aromatic N) is 4. The van der Waals surface area contributed by atoms with Crippen LogP contribution in [0.2, 0.25) is 0 Å². The zero-order valence-corrected chi connectivity index (χ0v) is 17.7. The van der Waals surface area contributed by atoms with Crippen LogP contribution < -0.4 is 10.6 Å². The van der Waals surface area contributed by atoms with E-state index in [1.807, 2.05) is 24.5 Å². The highest BCUT2D eigenvalue weighted by Crippen LogP contribution is 2.29. The van der Waals surface area contributed by atoms with Crippen LogP contribution in [0.5, 0.6) is 0 Å². The number of nitrogens with two attached hydrogens (primary N) is 1. The molecule has 0 spiro atoms. The van der Waals surface area contributed by atoms with Crippen LogP contribution in [0.1, 0.15) is 17.0 Å². The number of primary sulfonamides is 1. The standard InChI is InChI=1S/C19H18N6O6S/c1-12-9-14(13(2)23(12)15-3-6-17(7-4-15)32(20,30)31)11-21-22-18-10-16(24(26)27)5-8-19(18)25(28)29/h3-11,22H,1-2H3,(H2,20,30,31)/b21-11+. The highest BCUT2D eigenvalue weighted by Gasteiger charge is 2.18. The summed E-state index contributed by atoms with van der Waals surface area (Å²) in [5.41, 5.74) is 4.69. The van der Waals surface area contributed by atoms with Gasteiger partial charge in [0, 0.05) is 40.8 Å². The minimum atomic E-state index is -3.80.